The lowest BCUT2D eigenvalue weighted by Gasteiger charge is -2.53. The van der Waals surface area contributed by atoms with Gasteiger partial charge in [-0.25, -0.2) is 4.98 Å². The third kappa shape index (κ3) is 9.49. The smallest absolute Gasteiger partial charge is 0.434 e. The van der Waals surface area contributed by atoms with Gasteiger partial charge < -0.3 is 40.5 Å². The van der Waals surface area contributed by atoms with Crippen molar-refractivity contribution in [2.24, 2.45) is 17.3 Å². The number of hydrogen-bond acceptors (Lipinski definition) is 12. The van der Waals surface area contributed by atoms with Crippen molar-refractivity contribution >= 4 is 11.7 Å². The predicted molar refractivity (Wildman–Crippen MR) is 220 cm³/mol. The molecule has 9 atom stereocenters. The first-order valence-corrected chi connectivity index (χ1v) is 21.8. The van der Waals surface area contributed by atoms with Crippen molar-refractivity contribution in [2.75, 3.05) is 57.8 Å². The van der Waals surface area contributed by atoms with E-state index in [0.29, 0.717) is 61.4 Å². The van der Waals surface area contributed by atoms with Crippen molar-refractivity contribution in [2.45, 2.75) is 107 Å². The van der Waals surface area contributed by atoms with Crippen LogP contribution in [0, 0.1) is 17.3 Å². The molecule has 3 heterocycles. The second-order valence-electron chi connectivity index (χ2n) is 18.2. The Morgan fingerprint density at radius 1 is 1.00 bits per heavy atom. The number of hydrogen-bond donors (Lipinski definition) is 6. The number of benzene rings is 2. The number of fused-ring (bicyclic) bond motifs is 5. The highest BCUT2D eigenvalue weighted by Crippen LogP contribution is 2.65. The number of nitrogens with one attached hydrogen (secondary N) is 2. The van der Waals surface area contributed by atoms with Gasteiger partial charge in [0.15, 0.2) is 12.3 Å². The molecule has 1 amide bonds. The van der Waals surface area contributed by atoms with Crippen LogP contribution < -0.4 is 15.4 Å². The molecule has 3 aromatic rings. The highest BCUT2D eigenvalue weighted by molar-refractivity contribution is 5.77. The van der Waals surface area contributed by atoms with Crippen LogP contribution in [0.2, 0.25) is 0 Å². The fourth-order valence-electron chi connectivity index (χ4n) is 11.2. The van der Waals surface area contributed by atoms with E-state index in [1.165, 1.54) is 11.1 Å². The minimum atomic E-state index is -4.66. The van der Waals surface area contributed by atoms with Crippen LogP contribution in [0.15, 0.2) is 54.9 Å². The molecule has 3 aliphatic carbocycles. The molecule has 61 heavy (non-hydrogen) atoms. The van der Waals surface area contributed by atoms with Crippen LogP contribution in [0.4, 0.5) is 19.0 Å². The molecule has 8 rings (SSSR count). The lowest BCUT2D eigenvalue weighted by molar-refractivity contribution is -0.148. The number of ether oxygens (including phenoxy) is 2. The van der Waals surface area contributed by atoms with Crippen molar-refractivity contribution in [3.05, 3.63) is 77.2 Å². The van der Waals surface area contributed by atoms with E-state index in [1.54, 1.807) is 0 Å². The molecule has 2 aliphatic heterocycles. The number of rotatable bonds is 13. The number of halogens is 3. The van der Waals surface area contributed by atoms with Crippen molar-refractivity contribution in [3.63, 3.8) is 0 Å². The van der Waals surface area contributed by atoms with Gasteiger partial charge in [-0.3, -0.25) is 19.6 Å². The highest BCUT2D eigenvalue weighted by atomic mass is 19.4. The molecule has 2 saturated carbocycles. The third-order valence-electron chi connectivity index (χ3n) is 14.6. The first-order chi connectivity index (χ1) is 29.2. The lowest BCUT2D eigenvalue weighted by atomic mass is 9.53. The standard InChI is InChI=1S/C45H59F3N6O7/c1-43-14-11-33-32-10-6-30(55)21-29(32)5-9-34(33)35(43)12-15-44(43,59)13-2-16-50-40(56)27-60-31-7-3-28(4-8-31)24-53-17-19-54(20-18-53)25-37-42(58)41(57)36(26-61-37)51-39-23-49-22-38(52-39)45(46,47)48/h3-4,6-8,10,21-23,33-37,41-42,55,57-59H,2,5,9,11-20,24-27H2,1H3,(H,50,56)(H,51,52)/t33-,34-,35+,36+,37-,41-,42+,43+,44+/m1/s1. The molecular weight excluding hydrogens is 794 g/mol. The molecule has 6 N–H and O–H groups in total. The van der Waals surface area contributed by atoms with E-state index in [-0.39, 0.29) is 30.4 Å². The van der Waals surface area contributed by atoms with E-state index < -0.39 is 41.8 Å². The monoisotopic (exact) mass is 852 g/mol. The van der Waals surface area contributed by atoms with Crippen molar-refractivity contribution in [3.8, 4) is 11.5 Å². The molecule has 0 unspecified atom stereocenters. The molecule has 2 saturated heterocycles. The Hall–Kier alpha value is -4.06. The summed E-state index contributed by atoms with van der Waals surface area (Å²) in [5.41, 5.74) is 1.74. The summed E-state index contributed by atoms with van der Waals surface area (Å²) in [6, 6.07) is 12.7. The molecule has 2 aromatic carbocycles. The number of carbonyl (C=O) groups is 1. The highest BCUT2D eigenvalue weighted by Gasteiger charge is 2.61. The fraction of sp³-hybridized carbons (Fsp3) is 0.622. The summed E-state index contributed by atoms with van der Waals surface area (Å²) in [5, 5.41) is 49.3. The van der Waals surface area contributed by atoms with Crippen LogP contribution in [0.25, 0.3) is 0 Å². The second kappa shape index (κ2) is 18.0. The molecule has 332 valence electrons. The quantitative estimate of drug-likeness (QED) is 0.134. The summed E-state index contributed by atoms with van der Waals surface area (Å²) in [4.78, 5) is 24.3. The molecule has 1 aromatic heterocycles. The Labute approximate surface area is 354 Å². The zero-order valence-corrected chi connectivity index (χ0v) is 34.7. The lowest BCUT2D eigenvalue weighted by Crippen LogP contribution is -2.59. The molecule has 0 spiro atoms. The Morgan fingerprint density at radius 2 is 1.77 bits per heavy atom. The van der Waals surface area contributed by atoms with E-state index in [2.05, 4.69) is 43.4 Å². The van der Waals surface area contributed by atoms with Gasteiger partial charge in [0.2, 0.25) is 0 Å². The maximum atomic E-state index is 13.0. The van der Waals surface area contributed by atoms with Gasteiger partial charge in [-0.2, -0.15) is 13.2 Å². The number of aliphatic hydroxyl groups excluding tert-OH is 2. The number of alkyl halides is 3. The zero-order chi connectivity index (χ0) is 42.9. The normalized spacial score (nSPS) is 31.8. The molecule has 0 radical (unpaired) electrons. The number of piperazine rings is 1. The second-order valence-corrected chi connectivity index (χ2v) is 18.2. The largest absolute Gasteiger partial charge is 0.508 e. The molecule has 4 fully saturated rings. The molecule has 0 bridgehead atoms. The van der Waals surface area contributed by atoms with Gasteiger partial charge in [0.1, 0.15) is 29.5 Å². The number of phenolic OH excluding ortho intramolecular Hbond substituents is 1. The summed E-state index contributed by atoms with van der Waals surface area (Å²) in [7, 11) is 0. The fourth-order valence-corrected chi connectivity index (χ4v) is 11.2. The van der Waals surface area contributed by atoms with E-state index in [1.807, 2.05) is 36.4 Å². The first-order valence-electron chi connectivity index (χ1n) is 21.8. The summed E-state index contributed by atoms with van der Waals surface area (Å²) in [6.07, 6.45) is 1.21. The van der Waals surface area contributed by atoms with E-state index in [0.717, 1.165) is 83.0 Å². The Morgan fingerprint density at radius 3 is 2.54 bits per heavy atom. The number of anilines is 1. The summed E-state index contributed by atoms with van der Waals surface area (Å²) < 4.78 is 50.8. The predicted octanol–water partition coefficient (Wildman–Crippen LogP) is 4.48. The number of amides is 1. The van der Waals surface area contributed by atoms with Gasteiger partial charge in [0.05, 0.1) is 36.7 Å². The van der Waals surface area contributed by atoms with Crippen molar-refractivity contribution in [1.82, 2.24) is 25.1 Å². The maximum absolute atomic E-state index is 13.0. The van der Waals surface area contributed by atoms with Gasteiger partial charge in [-0.15, -0.1) is 0 Å². The minimum Gasteiger partial charge on any atom is -0.508 e. The van der Waals surface area contributed by atoms with Gasteiger partial charge >= 0.3 is 6.18 Å². The number of aromatic nitrogens is 2. The van der Waals surface area contributed by atoms with Crippen LogP contribution in [0.3, 0.4) is 0 Å². The van der Waals surface area contributed by atoms with Crippen LogP contribution >= 0.6 is 0 Å². The summed E-state index contributed by atoms with van der Waals surface area (Å²) in [6.45, 7) is 6.80. The maximum Gasteiger partial charge on any atom is 0.434 e. The van der Waals surface area contributed by atoms with Crippen LogP contribution in [0.5, 0.6) is 11.5 Å². The minimum absolute atomic E-state index is 0.0247. The number of aryl methyl sites for hydroxylation is 1. The van der Waals surface area contributed by atoms with Gasteiger partial charge in [0, 0.05) is 45.8 Å². The Kier molecular flexibility index (Phi) is 12.8. The Bertz CT molecular complexity index is 1990. The summed E-state index contributed by atoms with van der Waals surface area (Å²) >= 11 is 0. The molecule has 5 aliphatic rings. The first kappa shape index (κ1) is 43.6. The molecular formula is C45H59F3N6O7. The number of nitrogens with zero attached hydrogens (tertiary/aromatic N) is 4. The number of carbonyl (C=O) groups excluding carboxylic acids is 1. The van der Waals surface area contributed by atoms with Crippen LogP contribution in [-0.2, 0) is 28.7 Å². The van der Waals surface area contributed by atoms with Gasteiger partial charge in [-0.05, 0) is 115 Å². The van der Waals surface area contributed by atoms with E-state index >= 15 is 0 Å². The van der Waals surface area contributed by atoms with Crippen molar-refractivity contribution in [1.29, 1.82) is 0 Å². The molecule has 13 nitrogen and oxygen atoms in total. The Balaban J connectivity index is 0.711. The van der Waals surface area contributed by atoms with E-state index in [9.17, 15) is 38.4 Å². The summed E-state index contributed by atoms with van der Waals surface area (Å²) in [5.74, 6) is 2.11. The SMILES string of the molecule is C[C@]12CC[C@@H]3c4ccc(O)cc4CC[C@H]3[C@@H]1CC[C@@]2(O)CCCNC(=O)COc1ccc(CN2CCN(C[C@H]3OC[C@H](Nc4cncc(C(F)(F)F)n4)[C@@H](O)[C@H]3O)CC2)cc1. The third-order valence-corrected chi connectivity index (χ3v) is 14.6. The average molecular weight is 853 g/mol. The zero-order valence-electron chi connectivity index (χ0n) is 34.7. The molecule has 16 heteroatoms. The number of aliphatic hydroxyl groups is 3. The van der Waals surface area contributed by atoms with Crippen LogP contribution in [-0.4, -0.2) is 129 Å². The van der Waals surface area contributed by atoms with Crippen LogP contribution in [0.1, 0.15) is 80.2 Å². The number of phenols is 1. The van der Waals surface area contributed by atoms with E-state index in [4.69, 9.17) is 9.47 Å². The topological polar surface area (TPSA) is 173 Å². The van der Waals surface area contributed by atoms with Gasteiger partial charge in [-0.1, -0.05) is 25.1 Å². The van der Waals surface area contributed by atoms with Crippen molar-refractivity contribution < 1.29 is 47.9 Å². The number of aromatic hydroxyl groups is 1. The average Bonchev–Trinajstić information content (AvgIpc) is 3.52. The van der Waals surface area contributed by atoms with Gasteiger partial charge in [0.25, 0.3) is 5.91 Å².